The van der Waals surface area contributed by atoms with Crippen molar-refractivity contribution in [2.75, 3.05) is 0 Å². The number of aliphatic hydroxyl groups excluding tert-OH is 1. The van der Waals surface area contributed by atoms with E-state index in [4.69, 9.17) is 0 Å². The average Bonchev–Trinajstić information content (AvgIpc) is 3.91. The minimum Gasteiger partial charge on any atom is -0.390 e. The topological polar surface area (TPSA) is 77.8 Å². The summed E-state index contributed by atoms with van der Waals surface area (Å²) in [5.74, 6) is 7.22. The molecule has 3 N–H and O–H groups in total. The van der Waals surface area contributed by atoms with Gasteiger partial charge in [-0.1, -0.05) is 122 Å². The van der Waals surface area contributed by atoms with Gasteiger partial charge in [-0.3, -0.25) is 0 Å². The molecule has 73 heavy (non-hydrogen) atoms. The smallest absolute Gasteiger partial charge is 0.123 e. The third kappa shape index (κ3) is 11.8. The van der Waals surface area contributed by atoms with Gasteiger partial charge in [-0.25, -0.2) is 8.78 Å². The Morgan fingerprint density at radius 2 is 1.03 bits per heavy atom. The zero-order chi connectivity index (χ0) is 51.1. The van der Waals surface area contributed by atoms with Crippen LogP contribution in [0.4, 0.5) is 8.78 Å². The van der Waals surface area contributed by atoms with Crippen molar-refractivity contribution in [3.05, 3.63) is 93.5 Å². The number of halogens is 3. The molecule has 0 radical (unpaired) electrons. The fourth-order valence-corrected chi connectivity index (χ4v) is 18.7. The maximum Gasteiger partial charge on any atom is 0.123 e. The van der Waals surface area contributed by atoms with E-state index in [0.717, 1.165) is 134 Å². The zero-order valence-electron chi connectivity index (χ0n) is 45.1. The third-order valence-corrected chi connectivity index (χ3v) is 23.6. The average molecular weight is 1080 g/mol. The van der Waals surface area contributed by atoms with Crippen LogP contribution in [0.5, 0.6) is 0 Å². The molecule has 0 saturated heterocycles. The van der Waals surface area contributed by atoms with Crippen LogP contribution in [0.15, 0.2) is 76.3 Å². The molecular weight excluding hydrogens is 975 g/mol. The largest absolute Gasteiger partial charge is 0.390 e. The predicted molar refractivity (Wildman–Crippen MR) is 303 cm³/mol. The first-order valence-corrected chi connectivity index (χ1v) is 29.6. The van der Waals surface area contributed by atoms with Crippen LogP contribution in [0.1, 0.15) is 223 Å². The van der Waals surface area contributed by atoms with Gasteiger partial charge in [0.05, 0.1) is 17.3 Å². The van der Waals surface area contributed by atoms with Crippen molar-refractivity contribution >= 4 is 22.2 Å². The van der Waals surface area contributed by atoms with E-state index >= 15 is 0 Å². The van der Waals surface area contributed by atoms with E-state index in [2.05, 4.69) is 83.5 Å². The van der Waals surface area contributed by atoms with Crippen LogP contribution in [0.25, 0.3) is 0 Å². The Labute approximate surface area is 452 Å². The van der Waals surface area contributed by atoms with Crippen LogP contribution in [0.3, 0.4) is 0 Å². The van der Waals surface area contributed by atoms with Gasteiger partial charge in [0, 0.05) is 10.9 Å². The van der Waals surface area contributed by atoms with Crippen LogP contribution < -0.4 is 0 Å². The summed E-state index contributed by atoms with van der Waals surface area (Å²) in [7, 11) is 0. The molecule has 17 atom stereocenters. The molecule has 410 valence electrons. The Hall–Kier alpha value is -2.19. The molecule has 8 aliphatic rings. The van der Waals surface area contributed by atoms with Crippen molar-refractivity contribution in [2.45, 2.75) is 229 Å². The molecule has 10 rings (SSSR count). The highest BCUT2D eigenvalue weighted by atomic mass is 79.9. The Kier molecular flexibility index (Phi) is 19.6. The normalized spacial score (nSPS) is 40.1. The first-order valence-electron chi connectivity index (χ1n) is 28.8. The molecule has 2 aromatic carbocycles. The number of rotatable bonds is 11. The van der Waals surface area contributed by atoms with Crippen LogP contribution >= 0.6 is 15.9 Å². The Balaban J connectivity index is 0.000000205. The first kappa shape index (κ1) is 60.0. The maximum absolute atomic E-state index is 13.3. The van der Waals surface area contributed by atoms with Crippen molar-refractivity contribution in [2.24, 2.45) is 80.8 Å². The Morgan fingerprint density at radius 1 is 0.603 bits per heavy atom. The summed E-state index contributed by atoms with van der Waals surface area (Å²) in [5, 5.41) is 32.6. The second-order valence-corrected chi connectivity index (χ2v) is 27.2. The van der Waals surface area contributed by atoms with Gasteiger partial charge < -0.3 is 20.1 Å². The summed E-state index contributed by atoms with van der Waals surface area (Å²) in [6.07, 6.45) is 30.4. The molecule has 1 unspecified atom stereocenters. The molecule has 4 nitrogen and oxygen atoms in total. The van der Waals surface area contributed by atoms with Gasteiger partial charge in [-0.05, 0) is 258 Å². The number of benzene rings is 2. The van der Waals surface area contributed by atoms with Crippen LogP contribution in [0, 0.1) is 92.5 Å². The van der Waals surface area contributed by atoms with Crippen LogP contribution in [0.2, 0.25) is 0 Å². The highest BCUT2D eigenvalue weighted by Crippen LogP contribution is 2.70. The lowest BCUT2D eigenvalue weighted by Crippen LogP contribution is -2.52. The summed E-state index contributed by atoms with van der Waals surface area (Å²) >= 11 is 3.18. The van der Waals surface area contributed by atoms with Crippen LogP contribution in [-0.4, -0.2) is 32.8 Å². The molecule has 6 saturated carbocycles. The minimum atomic E-state index is -0.506. The molecule has 0 aromatic heterocycles. The summed E-state index contributed by atoms with van der Waals surface area (Å²) < 4.78 is 26.2. The summed E-state index contributed by atoms with van der Waals surface area (Å²) in [6.45, 7) is 19.4. The number of carbonyl (C=O) groups is 1. The van der Waals surface area contributed by atoms with Crippen LogP contribution in [-0.2, 0) is 4.79 Å². The van der Waals surface area contributed by atoms with Crippen molar-refractivity contribution in [3.63, 3.8) is 0 Å². The quantitative estimate of drug-likeness (QED) is 0.155. The van der Waals surface area contributed by atoms with Gasteiger partial charge in [0.1, 0.15) is 17.9 Å². The first-order chi connectivity index (χ1) is 33.7. The summed E-state index contributed by atoms with van der Waals surface area (Å²) in [6, 6.07) is 12.5. The van der Waals surface area contributed by atoms with Gasteiger partial charge >= 0.3 is 0 Å². The van der Waals surface area contributed by atoms with Gasteiger partial charge in [-0.15, -0.1) is 0 Å². The summed E-state index contributed by atoms with van der Waals surface area (Å²) in [4.78, 5) is 10.9. The van der Waals surface area contributed by atoms with E-state index in [0.29, 0.717) is 28.1 Å². The Bertz CT molecular complexity index is 2170. The predicted octanol–water partition coefficient (Wildman–Crippen LogP) is 18.2. The maximum atomic E-state index is 13.3. The lowest BCUT2D eigenvalue weighted by Gasteiger charge is -2.59. The van der Waals surface area contributed by atoms with E-state index in [1.807, 2.05) is 0 Å². The van der Waals surface area contributed by atoms with Gasteiger partial charge in [0.25, 0.3) is 0 Å². The number of aldehydes is 1. The molecule has 0 amide bonds. The van der Waals surface area contributed by atoms with Gasteiger partial charge in [-0.2, -0.15) is 0 Å². The molecule has 0 aliphatic heterocycles. The minimum absolute atomic E-state index is 0. The number of hydrogen-bond donors (Lipinski definition) is 3. The number of fused-ring (bicyclic) bond motifs is 10. The standard InChI is InChI=1S/C32H47FO2.C26H42O2.C6H4BrF.2CH4/c1-5-32(35)19-18-30(3)23(20-32)9-12-25-27-14-13-26(31(27,4)17-16-28(25)30)21(2)6-15-29(34)22-7-10-24(33)11-8-22;1-5-26(28)15-14-24(3)19(17-26)8-9-20-22-11-10-21(18(2)7-6-16-27)25(22,4)13-12-23(20)24;7-5-1-3-6(8)4-2-5;;/h7-11,21,25-29,34-35H,5-6,12-20H2,1-4H3;8,16,18,20-23,28H,5-7,9-15,17H2,1-4H3;1-4H;2*1H4/t21-,25+,26-,27+,28+,29?,30+,31-,32+;18-,20+,21-,22+,23+,24+,25-,26+;;;/m11.../s1. The van der Waals surface area contributed by atoms with Crippen molar-refractivity contribution in [3.8, 4) is 0 Å². The Morgan fingerprint density at radius 3 is 1.44 bits per heavy atom. The highest BCUT2D eigenvalue weighted by molar-refractivity contribution is 9.10. The van der Waals surface area contributed by atoms with E-state index in [9.17, 15) is 28.9 Å². The molecular formula is C66H101BrF2O4. The summed E-state index contributed by atoms with van der Waals surface area (Å²) in [5.41, 5.74) is 4.54. The number of aliphatic hydroxyl groups is 3. The molecule has 2 aromatic rings. The molecule has 6 fully saturated rings. The number of carbonyl (C=O) groups excluding carboxylic acids is 1. The fraction of sp³-hybridized carbons (Fsp3) is 0.742. The monoisotopic (exact) mass is 1070 g/mol. The number of allylic oxidation sites excluding steroid dienone is 2. The van der Waals surface area contributed by atoms with E-state index in [-0.39, 0.29) is 31.9 Å². The fourth-order valence-electron chi connectivity index (χ4n) is 18.4. The molecule has 7 heteroatoms. The second kappa shape index (κ2) is 23.8. The second-order valence-electron chi connectivity index (χ2n) is 26.3. The van der Waals surface area contributed by atoms with Crippen molar-refractivity contribution < 1.29 is 28.9 Å². The van der Waals surface area contributed by atoms with Crippen molar-refractivity contribution in [1.29, 1.82) is 0 Å². The van der Waals surface area contributed by atoms with E-state index in [1.54, 1.807) is 35.4 Å². The lowest BCUT2D eigenvalue weighted by molar-refractivity contribution is -0.108. The SMILES string of the molecule is C.C.CC[C@]1(O)CC[C@@]2(C)C(=CC[C@H]3[C@@H]4CC[C@H]([C@H](C)CCC(O)c5ccc(F)cc5)[C@@]4(C)CC[C@@H]32)C1.CC[C@]1(O)CC[C@@]2(C)C(=CC[C@H]3[C@@H]4CC[C@H]([C@H](C)CCC=O)[C@@]4(C)CC[C@@H]32)C1.Fc1ccc(Br)cc1. The highest BCUT2D eigenvalue weighted by Gasteiger charge is 2.61. The van der Waals surface area contributed by atoms with Crippen molar-refractivity contribution in [1.82, 2.24) is 0 Å². The lowest BCUT2D eigenvalue weighted by atomic mass is 9.46. The van der Waals surface area contributed by atoms with E-state index in [1.165, 1.54) is 94.9 Å². The van der Waals surface area contributed by atoms with Gasteiger partial charge in [0.2, 0.25) is 0 Å². The molecule has 0 heterocycles. The molecule has 0 spiro atoms. The molecule has 0 bridgehead atoms. The third-order valence-electron chi connectivity index (χ3n) is 23.0. The number of hydrogen-bond acceptors (Lipinski definition) is 4. The zero-order valence-corrected chi connectivity index (χ0v) is 46.7. The molecule has 8 aliphatic carbocycles. The van der Waals surface area contributed by atoms with E-state index < -0.39 is 17.3 Å². The van der Waals surface area contributed by atoms with Gasteiger partial charge in [0.15, 0.2) is 0 Å².